The highest BCUT2D eigenvalue weighted by atomic mass is 32.2. The highest BCUT2D eigenvalue weighted by Gasteiger charge is 2.40. The van der Waals surface area contributed by atoms with Gasteiger partial charge in [-0.1, -0.05) is 12.1 Å². The van der Waals surface area contributed by atoms with E-state index in [0.29, 0.717) is 4.31 Å². The van der Waals surface area contributed by atoms with Crippen LogP contribution < -0.4 is 0 Å². The van der Waals surface area contributed by atoms with Gasteiger partial charge in [0.1, 0.15) is 11.5 Å². The average molecular weight is 272 g/mol. The molecule has 0 atom stereocenters. The molecule has 18 heavy (non-hydrogen) atoms. The summed E-state index contributed by atoms with van der Waals surface area (Å²) in [6.45, 7) is -0.886. The second-order valence-corrected chi connectivity index (χ2v) is 5.27. The Morgan fingerprint density at radius 1 is 1.33 bits per heavy atom. The van der Waals surface area contributed by atoms with Crippen LogP contribution in [0.4, 0.5) is 0 Å². The van der Waals surface area contributed by atoms with Crippen LogP contribution in [0.5, 0.6) is 0 Å². The van der Waals surface area contributed by atoms with E-state index in [1.54, 1.807) is 6.07 Å². The first-order valence-corrected chi connectivity index (χ1v) is 6.32. The molecule has 1 amide bonds. The highest BCUT2D eigenvalue weighted by molar-refractivity contribution is 7.90. The number of benzene rings is 1. The molecule has 0 N–H and O–H groups in total. The summed E-state index contributed by atoms with van der Waals surface area (Å²) in [6, 6.07) is 5.75. The second-order valence-electron chi connectivity index (χ2n) is 3.44. The molecule has 0 unspecified atom stereocenters. The molecule has 96 valence electrons. The number of sulfonamides is 1. The van der Waals surface area contributed by atoms with Crippen LogP contribution >= 0.6 is 0 Å². The SMILES string of the molecule is O=C1c2ccccc2S(=O)(=O)N1CCO[N+](=O)[O-]. The van der Waals surface area contributed by atoms with Crippen LogP contribution in [0.15, 0.2) is 29.2 Å². The fourth-order valence-electron chi connectivity index (χ4n) is 1.65. The van der Waals surface area contributed by atoms with Crippen molar-refractivity contribution in [3.05, 3.63) is 39.9 Å². The van der Waals surface area contributed by atoms with Crippen LogP contribution in [-0.2, 0) is 14.9 Å². The number of nitrogens with zero attached hydrogens (tertiary/aromatic N) is 2. The van der Waals surface area contributed by atoms with E-state index in [1.807, 2.05) is 0 Å². The Bertz CT molecular complexity index is 611. The van der Waals surface area contributed by atoms with Crippen molar-refractivity contribution >= 4 is 15.9 Å². The van der Waals surface area contributed by atoms with E-state index in [4.69, 9.17) is 0 Å². The molecule has 0 aromatic heterocycles. The molecule has 1 aliphatic rings. The minimum atomic E-state index is -3.91. The Labute approximate surface area is 102 Å². The molecule has 2 rings (SSSR count). The third-order valence-corrected chi connectivity index (χ3v) is 4.24. The van der Waals surface area contributed by atoms with Crippen molar-refractivity contribution in [2.75, 3.05) is 13.2 Å². The van der Waals surface area contributed by atoms with Crippen molar-refractivity contribution in [2.45, 2.75) is 4.90 Å². The summed E-state index contributed by atoms with van der Waals surface area (Å²) in [6.07, 6.45) is 0. The maximum atomic E-state index is 12.0. The molecule has 1 heterocycles. The number of hydrogen-bond donors (Lipinski definition) is 0. The topological polar surface area (TPSA) is 107 Å². The third-order valence-electron chi connectivity index (χ3n) is 2.40. The summed E-state index contributed by atoms with van der Waals surface area (Å²) < 4.78 is 24.5. The zero-order chi connectivity index (χ0) is 13.3. The molecule has 0 fully saturated rings. The molecule has 0 saturated carbocycles. The van der Waals surface area contributed by atoms with Crippen molar-refractivity contribution in [3.63, 3.8) is 0 Å². The van der Waals surface area contributed by atoms with Gasteiger partial charge < -0.3 is 4.84 Å². The second kappa shape index (κ2) is 4.26. The van der Waals surface area contributed by atoms with Gasteiger partial charge in [0.25, 0.3) is 21.0 Å². The van der Waals surface area contributed by atoms with E-state index in [1.165, 1.54) is 18.2 Å². The van der Waals surface area contributed by atoms with Gasteiger partial charge in [0.2, 0.25) is 0 Å². The Kier molecular flexibility index (Phi) is 2.91. The van der Waals surface area contributed by atoms with E-state index in [0.717, 1.165) is 0 Å². The molecule has 1 aromatic rings. The number of carbonyl (C=O) groups excluding carboxylic acids is 1. The monoisotopic (exact) mass is 272 g/mol. The molecule has 9 heteroatoms. The summed E-state index contributed by atoms with van der Waals surface area (Å²) in [5.41, 5.74) is 0.0682. The van der Waals surface area contributed by atoms with Crippen LogP contribution in [-0.4, -0.2) is 36.9 Å². The van der Waals surface area contributed by atoms with Crippen LogP contribution in [0.2, 0.25) is 0 Å². The molecule has 0 aliphatic carbocycles. The fourth-order valence-corrected chi connectivity index (χ4v) is 3.20. The van der Waals surface area contributed by atoms with E-state index < -0.39 is 34.2 Å². The van der Waals surface area contributed by atoms with Crippen LogP contribution in [0.1, 0.15) is 10.4 Å². The van der Waals surface area contributed by atoms with E-state index in [-0.39, 0.29) is 10.5 Å². The van der Waals surface area contributed by atoms with Gasteiger partial charge in [-0.3, -0.25) is 4.79 Å². The maximum Gasteiger partial charge on any atom is 0.294 e. The predicted molar refractivity (Wildman–Crippen MR) is 57.6 cm³/mol. The molecule has 1 aromatic carbocycles. The first-order chi connectivity index (χ1) is 8.44. The molecule has 0 radical (unpaired) electrons. The van der Waals surface area contributed by atoms with Crippen molar-refractivity contribution in [1.82, 2.24) is 4.31 Å². The summed E-state index contributed by atoms with van der Waals surface area (Å²) in [4.78, 5) is 25.7. The zero-order valence-electron chi connectivity index (χ0n) is 8.98. The van der Waals surface area contributed by atoms with Crippen molar-refractivity contribution in [3.8, 4) is 0 Å². The van der Waals surface area contributed by atoms with Gasteiger partial charge in [-0.15, -0.1) is 10.1 Å². The Morgan fingerprint density at radius 3 is 2.61 bits per heavy atom. The van der Waals surface area contributed by atoms with E-state index in [9.17, 15) is 23.3 Å². The fraction of sp³-hybridized carbons (Fsp3) is 0.222. The largest absolute Gasteiger partial charge is 0.312 e. The number of amides is 1. The summed E-state index contributed by atoms with van der Waals surface area (Å²) >= 11 is 0. The van der Waals surface area contributed by atoms with Crippen molar-refractivity contribution in [2.24, 2.45) is 0 Å². The van der Waals surface area contributed by atoms with E-state index in [2.05, 4.69) is 4.84 Å². The Morgan fingerprint density at radius 2 is 2.00 bits per heavy atom. The smallest absolute Gasteiger partial charge is 0.294 e. The minimum absolute atomic E-state index is 0.0682. The Balaban J connectivity index is 2.25. The van der Waals surface area contributed by atoms with E-state index >= 15 is 0 Å². The lowest BCUT2D eigenvalue weighted by molar-refractivity contribution is -0.757. The number of hydrogen-bond acceptors (Lipinski definition) is 6. The lowest BCUT2D eigenvalue weighted by Gasteiger charge is -2.13. The van der Waals surface area contributed by atoms with Gasteiger partial charge in [-0.05, 0) is 12.1 Å². The van der Waals surface area contributed by atoms with Gasteiger partial charge in [0, 0.05) is 0 Å². The normalized spacial score (nSPS) is 16.4. The number of carbonyl (C=O) groups is 1. The first-order valence-electron chi connectivity index (χ1n) is 4.88. The maximum absolute atomic E-state index is 12.0. The predicted octanol–water partition coefficient (Wildman–Crippen LogP) is 0.0394. The standard InChI is InChI=1S/C9H8N2O6S/c12-9-7-3-1-2-4-8(7)18(15,16)10(9)5-6-17-11(13)14/h1-4H,5-6H2. The molecule has 1 aliphatic heterocycles. The minimum Gasteiger partial charge on any atom is -0.312 e. The van der Waals surface area contributed by atoms with Crippen LogP contribution in [0, 0.1) is 10.1 Å². The molecule has 8 nitrogen and oxygen atoms in total. The first kappa shape index (κ1) is 12.3. The molecule has 0 saturated heterocycles. The molecular weight excluding hydrogens is 264 g/mol. The molecular formula is C9H8N2O6S. The summed E-state index contributed by atoms with van der Waals surface area (Å²) in [5, 5.41) is 8.92. The zero-order valence-corrected chi connectivity index (χ0v) is 9.79. The number of rotatable bonds is 4. The molecule has 0 bridgehead atoms. The third kappa shape index (κ3) is 1.88. The quantitative estimate of drug-likeness (QED) is 0.565. The highest BCUT2D eigenvalue weighted by Crippen LogP contribution is 2.29. The molecule has 0 spiro atoms. The average Bonchev–Trinajstić information content (AvgIpc) is 2.50. The Hall–Kier alpha value is -2.16. The van der Waals surface area contributed by atoms with Gasteiger partial charge in [-0.25, -0.2) is 12.7 Å². The summed E-state index contributed by atoms with van der Waals surface area (Å²) in [5.74, 6) is -0.697. The van der Waals surface area contributed by atoms with Gasteiger partial charge >= 0.3 is 0 Å². The lowest BCUT2D eigenvalue weighted by atomic mass is 10.2. The van der Waals surface area contributed by atoms with Crippen LogP contribution in [0.3, 0.4) is 0 Å². The number of fused-ring (bicyclic) bond motifs is 1. The lowest BCUT2D eigenvalue weighted by Crippen LogP contribution is -2.33. The van der Waals surface area contributed by atoms with Gasteiger partial charge in [0.05, 0.1) is 12.1 Å². The van der Waals surface area contributed by atoms with Crippen molar-refractivity contribution in [1.29, 1.82) is 0 Å². The van der Waals surface area contributed by atoms with Crippen molar-refractivity contribution < 1.29 is 23.1 Å². The van der Waals surface area contributed by atoms with Gasteiger partial charge in [-0.2, -0.15) is 0 Å². The van der Waals surface area contributed by atoms with Gasteiger partial charge in [0.15, 0.2) is 0 Å². The van der Waals surface area contributed by atoms with Crippen LogP contribution in [0.25, 0.3) is 0 Å². The summed E-state index contributed by atoms with van der Waals surface area (Å²) in [7, 11) is -3.91.